The van der Waals surface area contributed by atoms with Crippen LogP contribution in [0.4, 0.5) is 4.79 Å². The van der Waals surface area contributed by atoms with Crippen LogP contribution in [0.2, 0.25) is 0 Å². The van der Waals surface area contributed by atoms with Crippen LogP contribution >= 0.6 is 0 Å². The summed E-state index contributed by atoms with van der Waals surface area (Å²) in [6, 6.07) is 5.84. The molecule has 0 saturated carbocycles. The third-order valence-corrected chi connectivity index (χ3v) is 4.18. The van der Waals surface area contributed by atoms with Gasteiger partial charge in [0.2, 0.25) is 0 Å². The molecule has 0 fully saturated rings. The average molecular weight is 394 g/mol. The Morgan fingerprint density at radius 3 is 2.25 bits per heavy atom. The molecule has 0 bridgehead atoms. The molecule has 0 spiro atoms. The molecule has 0 heterocycles. The fourth-order valence-electron chi connectivity index (χ4n) is 2.82. The van der Waals surface area contributed by atoms with E-state index in [9.17, 15) is 14.7 Å². The summed E-state index contributed by atoms with van der Waals surface area (Å²) in [6.07, 6.45) is 3.71. The number of aromatic hydroxyl groups is 1. The first-order valence-corrected chi connectivity index (χ1v) is 10.1. The molecule has 1 unspecified atom stereocenters. The van der Waals surface area contributed by atoms with Crippen molar-refractivity contribution in [3.8, 4) is 5.75 Å². The van der Waals surface area contributed by atoms with E-state index >= 15 is 0 Å². The average Bonchev–Trinajstić information content (AvgIpc) is 2.60. The number of ether oxygens (including phenoxy) is 2. The van der Waals surface area contributed by atoms with Crippen LogP contribution in [0.3, 0.4) is 0 Å². The molecular weight excluding hydrogens is 358 g/mol. The molecule has 1 atom stereocenters. The zero-order valence-corrected chi connectivity index (χ0v) is 17.9. The van der Waals surface area contributed by atoms with Crippen molar-refractivity contribution in [3.05, 3.63) is 29.8 Å². The fraction of sp³-hybridized carbons (Fsp3) is 0.636. The number of hydrogen-bond donors (Lipinski definition) is 1. The second kappa shape index (κ2) is 11.6. The van der Waals surface area contributed by atoms with Gasteiger partial charge >= 0.3 is 12.1 Å². The highest BCUT2D eigenvalue weighted by molar-refractivity contribution is 5.82. The Morgan fingerprint density at radius 1 is 1.07 bits per heavy atom. The standard InChI is InChI=1S/C22H35NO5/c1-6-8-9-10-15-23(21(26)28-22(3,4)5)19(20(25)27-7-2)16-17-11-13-18(24)14-12-17/h11-14,19,24H,6-10,15-16H2,1-5H3. The van der Waals surface area contributed by atoms with Gasteiger partial charge in [0, 0.05) is 13.0 Å². The minimum Gasteiger partial charge on any atom is -0.508 e. The minimum atomic E-state index is -0.777. The highest BCUT2D eigenvalue weighted by atomic mass is 16.6. The monoisotopic (exact) mass is 393 g/mol. The van der Waals surface area contributed by atoms with Crippen molar-refractivity contribution < 1.29 is 24.2 Å². The molecule has 0 aliphatic rings. The van der Waals surface area contributed by atoms with E-state index in [-0.39, 0.29) is 12.4 Å². The number of hydrogen-bond acceptors (Lipinski definition) is 5. The summed E-state index contributed by atoms with van der Waals surface area (Å²) < 4.78 is 10.8. The van der Waals surface area contributed by atoms with Gasteiger partial charge in [0.25, 0.3) is 0 Å². The Labute approximate surface area is 168 Å². The summed E-state index contributed by atoms with van der Waals surface area (Å²) in [6.45, 7) is 9.95. The lowest BCUT2D eigenvalue weighted by atomic mass is 10.0. The van der Waals surface area contributed by atoms with Crippen LogP contribution in [-0.2, 0) is 20.7 Å². The summed E-state index contributed by atoms with van der Waals surface area (Å²) in [5, 5.41) is 9.50. The first-order valence-electron chi connectivity index (χ1n) is 10.1. The number of esters is 1. The van der Waals surface area contributed by atoms with Gasteiger partial charge in [-0.15, -0.1) is 0 Å². The maximum atomic E-state index is 12.9. The van der Waals surface area contributed by atoms with E-state index in [2.05, 4.69) is 6.92 Å². The van der Waals surface area contributed by atoms with Gasteiger partial charge in [0.1, 0.15) is 17.4 Å². The molecule has 1 rings (SSSR count). The second-order valence-electron chi connectivity index (χ2n) is 7.87. The van der Waals surface area contributed by atoms with Crippen molar-refractivity contribution in [2.24, 2.45) is 0 Å². The van der Waals surface area contributed by atoms with Crippen LogP contribution in [0, 0.1) is 0 Å². The van der Waals surface area contributed by atoms with Crippen LogP contribution < -0.4 is 0 Å². The molecule has 0 aliphatic carbocycles. The Hall–Kier alpha value is -2.24. The van der Waals surface area contributed by atoms with Crippen molar-refractivity contribution in [2.75, 3.05) is 13.2 Å². The first-order chi connectivity index (χ1) is 13.2. The Bertz CT molecular complexity index is 606. The smallest absolute Gasteiger partial charge is 0.411 e. The molecule has 0 aromatic heterocycles. The van der Waals surface area contributed by atoms with E-state index in [4.69, 9.17) is 9.47 Å². The van der Waals surface area contributed by atoms with Crippen molar-refractivity contribution in [1.29, 1.82) is 0 Å². The van der Waals surface area contributed by atoms with Crippen LogP contribution in [0.1, 0.15) is 65.9 Å². The van der Waals surface area contributed by atoms with E-state index in [1.807, 2.05) is 0 Å². The summed E-state index contributed by atoms with van der Waals surface area (Å²) in [4.78, 5) is 27.1. The third-order valence-electron chi connectivity index (χ3n) is 4.18. The topological polar surface area (TPSA) is 76.1 Å². The number of unbranched alkanes of at least 4 members (excludes halogenated alkanes) is 3. The van der Waals surface area contributed by atoms with Crippen LogP contribution in [0.15, 0.2) is 24.3 Å². The fourth-order valence-corrected chi connectivity index (χ4v) is 2.82. The number of phenolic OH excluding ortho intramolecular Hbond substituents is 1. The van der Waals surface area contributed by atoms with Crippen LogP contribution in [0.25, 0.3) is 0 Å². The van der Waals surface area contributed by atoms with E-state index in [0.29, 0.717) is 13.0 Å². The maximum Gasteiger partial charge on any atom is 0.411 e. The highest BCUT2D eigenvalue weighted by Gasteiger charge is 2.33. The highest BCUT2D eigenvalue weighted by Crippen LogP contribution is 2.19. The molecule has 0 aliphatic heterocycles. The molecule has 28 heavy (non-hydrogen) atoms. The Kier molecular flexibility index (Phi) is 9.83. The molecule has 6 nitrogen and oxygen atoms in total. The predicted octanol–water partition coefficient (Wildman–Crippen LogP) is 4.68. The lowest BCUT2D eigenvalue weighted by molar-refractivity contribution is -0.149. The van der Waals surface area contributed by atoms with E-state index in [1.165, 1.54) is 4.90 Å². The largest absolute Gasteiger partial charge is 0.508 e. The first kappa shape index (κ1) is 23.8. The number of carbonyl (C=O) groups excluding carboxylic acids is 2. The van der Waals surface area contributed by atoms with E-state index in [1.54, 1.807) is 52.0 Å². The number of carbonyl (C=O) groups is 2. The van der Waals surface area contributed by atoms with Gasteiger partial charge in [-0.1, -0.05) is 38.3 Å². The van der Waals surface area contributed by atoms with Crippen molar-refractivity contribution in [3.63, 3.8) is 0 Å². The lowest BCUT2D eigenvalue weighted by Crippen LogP contribution is -2.49. The van der Waals surface area contributed by atoms with Gasteiger partial charge in [0.05, 0.1) is 6.61 Å². The number of amides is 1. The maximum absolute atomic E-state index is 12.9. The SMILES string of the molecule is CCCCCCN(C(=O)OC(C)(C)C)C(Cc1ccc(O)cc1)C(=O)OCC. The number of nitrogens with zero attached hydrogens (tertiary/aromatic N) is 1. The second-order valence-corrected chi connectivity index (χ2v) is 7.87. The lowest BCUT2D eigenvalue weighted by Gasteiger charge is -2.32. The van der Waals surface area contributed by atoms with Gasteiger partial charge in [-0.05, 0) is 51.8 Å². The summed E-state index contributed by atoms with van der Waals surface area (Å²) >= 11 is 0. The quantitative estimate of drug-likeness (QED) is 0.461. The van der Waals surface area contributed by atoms with Gasteiger partial charge in [-0.25, -0.2) is 9.59 Å². The zero-order valence-electron chi connectivity index (χ0n) is 17.9. The zero-order chi connectivity index (χ0) is 21.2. The number of benzene rings is 1. The van der Waals surface area contributed by atoms with Crippen molar-refractivity contribution in [1.82, 2.24) is 4.90 Å². The molecule has 0 saturated heterocycles. The summed E-state index contributed by atoms with van der Waals surface area (Å²) in [5.41, 5.74) is 0.175. The predicted molar refractivity (Wildman–Crippen MR) is 109 cm³/mol. The molecular formula is C22H35NO5. The molecule has 158 valence electrons. The third kappa shape index (κ3) is 8.63. The normalized spacial score (nSPS) is 12.3. The van der Waals surface area contributed by atoms with Crippen LogP contribution in [0.5, 0.6) is 5.75 Å². The van der Waals surface area contributed by atoms with Crippen molar-refractivity contribution >= 4 is 12.1 Å². The molecule has 1 amide bonds. The molecule has 1 N–H and O–H groups in total. The van der Waals surface area contributed by atoms with Crippen LogP contribution in [-0.4, -0.2) is 46.9 Å². The van der Waals surface area contributed by atoms with Gasteiger partial charge in [-0.2, -0.15) is 0 Å². The minimum absolute atomic E-state index is 0.153. The molecule has 1 aromatic rings. The summed E-state index contributed by atoms with van der Waals surface area (Å²) in [7, 11) is 0. The Balaban J connectivity index is 3.08. The molecule has 6 heteroatoms. The van der Waals surface area contributed by atoms with E-state index in [0.717, 1.165) is 31.2 Å². The van der Waals surface area contributed by atoms with Gasteiger partial charge in [-0.3, -0.25) is 4.90 Å². The van der Waals surface area contributed by atoms with Gasteiger partial charge < -0.3 is 14.6 Å². The van der Waals surface area contributed by atoms with E-state index < -0.39 is 23.7 Å². The molecule has 1 aromatic carbocycles. The molecule has 0 radical (unpaired) electrons. The number of phenols is 1. The van der Waals surface area contributed by atoms with Gasteiger partial charge in [0.15, 0.2) is 0 Å². The van der Waals surface area contributed by atoms with Crippen molar-refractivity contribution in [2.45, 2.75) is 78.4 Å². The number of rotatable bonds is 10. The Morgan fingerprint density at radius 2 is 1.71 bits per heavy atom. The summed E-state index contributed by atoms with van der Waals surface area (Å²) in [5.74, 6) is -0.295.